The number of nitrogens with two attached hydrogens (primary N) is 1. The molecule has 280 valence electrons. The second-order valence-corrected chi connectivity index (χ2v) is 9.68. The Kier molecular flexibility index (Phi) is 61.7. The van der Waals surface area contributed by atoms with Crippen LogP contribution in [0.25, 0.3) is 0 Å². The summed E-state index contributed by atoms with van der Waals surface area (Å²) in [6, 6.07) is 9.98. The molecule has 46 heavy (non-hydrogen) atoms. The molecule has 2 rings (SSSR count). The normalized spacial score (nSPS) is 15.9. The quantitative estimate of drug-likeness (QED) is 0.230. The van der Waals surface area contributed by atoms with Gasteiger partial charge in [-0.15, -0.1) is 0 Å². The summed E-state index contributed by atoms with van der Waals surface area (Å²) in [6.45, 7) is 35.7. The van der Waals surface area contributed by atoms with Crippen LogP contribution < -0.4 is 5.73 Å². The molecule has 0 aromatic heterocycles. The van der Waals surface area contributed by atoms with Crippen molar-refractivity contribution in [1.82, 2.24) is 4.90 Å². The van der Waals surface area contributed by atoms with Gasteiger partial charge in [-0.3, -0.25) is 4.79 Å². The zero-order valence-electron chi connectivity index (χ0n) is 34.0. The maximum atomic E-state index is 12.3. The summed E-state index contributed by atoms with van der Waals surface area (Å²) in [5.74, 6) is 1.48. The lowest BCUT2D eigenvalue weighted by atomic mass is 9.87. The topological polar surface area (TPSA) is 113 Å². The molecule has 1 amide bonds. The Balaban J connectivity index is -0.0000000967. The molecule has 0 bridgehead atoms. The van der Waals surface area contributed by atoms with Gasteiger partial charge in [-0.1, -0.05) is 141 Å². The standard InChI is InChI=1S/C15H29NO2.C12H18O2.5C2H6.CH5N.CH2O/c1-6-11(2)13(4)14(18-5)10-15(17)16-9-7-8-12(16)3;1-9(8-13)10(2)12(14)11-6-4-3-5-7-11;7*1-2/h11-14H,6-10H2,1-5H3;3-7,9-10,12-14H,8H2,1-2H3;5*1-2H3;2H2,1H3;1H2. The smallest absolute Gasteiger partial charge is 0.225 e. The summed E-state index contributed by atoms with van der Waals surface area (Å²) in [6.07, 6.45) is 3.52. The number of hydrogen-bond acceptors (Lipinski definition) is 6. The fourth-order valence-electron chi connectivity index (χ4n) is 4.25. The van der Waals surface area contributed by atoms with Crippen molar-refractivity contribution in [1.29, 1.82) is 0 Å². The number of benzene rings is 1. The van der Waals surface area contributed by atoms with Crippen LogP contribution in [0.4, 0.5) is 0 Å². The second-order valence-electron chi connectivity index (χ2n) is 9.68. The molecule has 4 N–H and O–H groups in total. The number of amides is 1. The SMILES string of the molecule is C=O.CC.CC.CC.CC.CC.CC(CO)C(C)C(O)c1ccccc1.CCC(C)C(C)C(CC(=O)N1CCCC1C)OC.CN. The highest BCUT2D eigenvalue weighted by atomic mass is 16.5. The molecule has 1 fully saturated rings. The van der Waals surface area contributed by atoms with Gasteiger partial charge in [-0.25, -0.2) is 0 Å². The van der Waals surface area contributed by atoms with E-state index in [2.05, 4.69) is 33.4 Å². The summed E-state index contributed by atoms with van der Waals surface area (Å²) in [4.78, 5) is 22.3. The van der Waals surface area contributed by atoms with Crippen molar-refractivity contribution in [3.8, 4) is 0 Å². The maximum absolute atomic E-state index is 12.3. The molecule has 1 aliphatic heterocycles. The molecule has 0 saturated carbocycles. The van der Waals surface area contributed by atoms with Gasteiger partial charge >= 0.3 is 0 Å². The Hall–Kier alpha value is -1.80. The van der Waals surface area contributed by atoms with Crippen molar-refractivity contribution in [2.24, 2.45) is 29.4 Å². The molecule has 7 atom stereocenters. The van der Waals surface area contributed by atoms with Gasteiger partial charge in [0.05, 0.1) is 18.6 Å². The van der Waals surface area contributed by atoms with Gasteiger partial charge in [0.2, 0.25) is 5.91 Å². The number of methoxy groups -OCH3 is 1. The minimum atomic E-state index is -0.488. The molecular weight excluding hydrogens is 576 g/mol. The van der Waals surface area contributed by atoms with E-state index in [0.717, 1.165) is 31.4 Å². The fourth-order valence-corrected chi connectivity index (χ4v) is 4.25. The van der Waals surface area contributed by atoms with Gasteiger partial charge < -0.3 is 30.4 Å². The number of rotatable bonds is 10. The molecular formula is C39H84N2O5. The first kappa shape index (κ1) is 59.6. The lowest BCUT2D eigenvalue weighted by molar-refractivity contribution is -0.135. The molecule has 7 nitrogen and oxygen atoms in total. The Morgan fingerprint density at radius 2 is 1.33 bits per heavy atom. The largest absolute Gasteiger partial charge is 0.396 e. The van der Waals surface area contributed by atoms with E-state index in [1.165, 1.54) is 7.05 Å². The van der Waals surface area contributed by atoms with Crippen LogP contribution in [0.15, 0.2) is 30.3 Å². The van der Waals surface area contributed by atoms with Gasteiger partial charge in [0.15, 0.2) is 0 Å². The van der Waals surface area contributed by atoms with E-state index in [-0.39, 0.29) is 30.5 Å². The number of aliphatic hydroxyl groups excluding tert-OH is 2. The summed E-state index contributed by atoms with van der Waals surface area (Å²) in [5, 5.41) is 19.0. The van der Waals surface area contributed by atoms with Gasteiger partial charge in [-0.05, 0) is 56.0 Å². The first-order valence-corrected chi connectivity index (χ1v) is 18.2. The van der Waals surface area contributed by atoms with Crippen LogP contribution in [0.5, 0.6) is 0 Å². The van der Waals surface area contributed by atoms with Crippen LogP contribution in [0.2, 0.25) is 0 Å². The minimum absolute atomic E-state index is 0.0558. The van der Waals surface area contributed by atoms with Crippen molar-refractivity contribution >= 4 is 12.7 Å². The van der Waals surface area contributed by atoms with Crippen molar-refractivity contribution in [3.05, 3.63) is 35.9 Å². The molecule has 7 heteroatoms. The number of carbonyl (C=O) groups excluding carboxylic acids is 2. The van der Waals surface area contributed by atoms with Crippen molar-refractivity contribution < 1.29 is 24.5 Å². The lowest BCUT2D eigenvalue weighted by Gasteiger charge is -2.29. The molecule has 1 heterocycles. The molecule has 1 saturated heterocycles. The minimum Gasteiger partial charge on any atom is -0.396 e. The van der Waals surface area contributed by atoms with Crippen LogP contribution in [0.1, 0.15) is 148 Å². The fraction of sp³-hybridized carbons (Fsp3) is 0.795. The molecule has 0 aliphatic carbocycles. The highest BCUT2D eigenvalue weighted by molar-refractivity contribution is 5.77. The maximum Gasteiger partial charge on any atom is 0.225 e. The van der Waals surface area contributed by atoms with Gasteiger partial charge in [0, 0.05) is 26.3 Å². The number of nitrogens with zero attached hydrogens (tertiary/aromatic N) is 1. The third-order valence-corrected chi connectivity index (χ3v) is 7.50. The molecule has 1 aromatic rings. The van der Waals surface area contributed by atoms with E-state index < -0.39 is 6.10 Å². The predicted octanol–water partition coefficient (Wildman–Crippen LogP) is 9.59. The van der Waals surface area contributed by atoms with E-state index in [9.17, 15) is 9.90 Å². The van der Waals surface area contributed by atoms with E-state index in [4.69, 9.17) is 14.6 Å². The Labute approximate surface area is 289 Å². The molecule has 7 unspecified atom stereocenters. The molecule has 1 aromatic carbocycles. The summed E-state index contributed by atoms with van der Waals surface area (Å²) < 4.78 is 5.55. The van der Waals surface area contributed by atoms with Crippen molar-refractivity contribution in [2.75, 3.05) is 27.3 Å². The van der Waals surface area contributed by atoms with E-state index in [1.807, 2.05) is 125 Å². The van der Waals surface area contributed by atoms with E-state index >= 15 is 0 Å². The molecule has 0 spiro atoms. The van der Waals surface area contributed by atoms with Crippen LogP contribution in [-0.4, -0.2) is 67.3 Å². The van der Waals surface area contributed by atoms with Crippen LogP contribution in [0.3, 0.4) is 0 Å². The van der Waals surface area contributed by atoms with Crippen LogP contribution in [-0.2, 0) is 14.3 Å². The van der Waals surface area contributed by atoms with Gasteiger partial charge in [0.25, 0.3) is 0 Å². The monoisotopic (exact) mass is 661 g/mol. The van der Waals surface area contributed by atoms with Crippen LogP contribution >= 0.6 is 0 Å². The number of hydrogen-bond donors (Lipinski definition) is 3. The Bertz CT molecular complexity index is 663. The average molecular weight is 661 g/mol. The average Bonchev–Trinajstić information content (AvgIpc) is 3.61. The predicted molar refractivity (Wildman–Crippen MR) is 205 cm³/mol. The van der Waals surface area contributed by atoms with Crippen molar-refractivity contribution in [2.45, 2.75) is 155 Å². The third kappa shape index (κ3) is 28.4. The second kappa shape index (κ2) is 47.6. The summed E-state index contributed by atoms with van der Waals surface area (Å²) >= 11 is 0. The van der Waals surface area contributed by atoms with E-state index in [0.29, 0.717) is 24.3 Å². The Morgan fingerprint density at radius 1 is 0.891 bits per heavy atom. The number of aliphatic hydroxyl groups is 2. The third-order valence-electron chi connectivity index (χ3n) is 7.50. The first-order valence-electron chi connectivity index (χ1n) is 18.2. The highest BCUT2D eigenvalue weighted by Gasteiger charge is 2.30. The zero-order valence-corrected chi connectivity index (χ0v) is 34.0. The van der Waals surface area contributed by atoms with Crippen molar-refractivity contribution in [3.63, 3.8) is 0 Å². The lowest BCUT2D eigenvalue weighted by Crippen LogP contribution is -2.38. The van der Waals surface area contributed by atoms with E-state index in [1.54, 1.807) is 7.11 Å². The first-order chi connectivity index (χ1) is 22.2. The van der Waals surface area contributed by atoms with Crippen LogP contribution in [0, 0.1) is 23.7 Å². The number of likely N-dealkylation sites (tertiary alicyclic amines) is 1. The zero-order chi connectivity index (χ0) is 38.3. The summed E-state index contributed by atoms with van der Waals surface area (Å²) in [7, 11) is 3.23. The molecule has 1 aliphatic rings. The van der Waals surface area contributed by atoms with Gasteiger partial charge in [-0.2, -0.15) is 0 Å². The van der Waals surface area contributed by atoms with Gasteiger partial charge in [0.1, 0.15) is 6.79 Å². The highest BCUT2D eigenvalue weighted by Crippen LogP contribution is 2.27. The number of ether oxygens (including phenoxy) is 1. The Morgan fingerprint density at radius 3 is 1.65 bits per heavy atom. The molecule has 0 radical (unpaired) electrons. The summed E-state index contributed by atoms with van der Waals surface area (Å²) in [5.41, 5.74) is 5.42. The number of carbonyl (C=O) groups is 2.